The summed E-state index contributed by atoms with van der Waals surface area (Å²) in [6.45, 7) is 0.697. The third kappa shape index (κ3) is 11.4. The van der Waals surface area contributed by atoms with Gasteiger partial charge in [0.2, 0.25) is 11.9 Å². The van der Waals surface area contributed by atoms with Crippen LogP contribution in [0.3, 0.4) is 0 Å². The maximum absolute atomic E-state index is 13.5. The molecule has 4 fully saturated rings. The monoisotopic (exact) mass is 1100 g/mol. The van der Waals surface area contributed by atoms with E-state index in [1.807, 2.05) is 42.0 Å². The summed E-state index contributed by atoms with van der Waals surface area (Å²) in [4.78, 5) is 54.9. The van der Waals surface area contributed by atoms with Crippen LogP contribution in [0.5, 0.6) is 0 Å². The second-order valence-electron chi connectivity index (χ2n) is 22.0. The summed E-state index contributed by atoms with van der Waals surface area (Å²) in [5, 5.41) is 79.8. The highest BCUT2D eigenvalue weighted by molar-refractivity contribution is 5.85. The minimum Gasteiger partial charge on any atom is -0.390 e. The second kappa shape index (κ2) is 23.1. The van der Waals surface area contributed by atoms with Crippen molar-refractivity contribution in [3.05, 3.63) is 72.9 Å². The van der Waals surface area contributed by atoms with Crippen LogP contribution in [0.2, 0.25) is 0 Å². The van der Waals surface area contributed by atoms with Gasteiger partial charge in [-0.2, -0.15) is 49.9 Å². The van der Waals surface area contributed by atoms with Gasteiger partial charge in [0, 0.05) is 82.6 Å². The summed E-state index contributed by atoms with van der Waals surface area (Å²) in [7, 11) is 3.89. The summed E-state index contributed by atoms with van der Waals surface area (Å²) < 4.78 is 7.78. The number of imidazole rings is 4. The third-order valence-electron chi connectivity index (χ3n) is 16.3. The zero-order valence-corrected chi connectivity index (χ0v) is 44.9. The zero-order chi connectivity index (χ0) is 54.9. The summed E-state index contributed by atoms with van der Waals surface area (Å²) >= 11 is 0. The van der Waals surface area contributed by atoms with Crippen LogP contribution in [0.25, 0.3) is 22.3 Å². The smallest absolute Gasteiger partial charge is 0.315 e. The number of urea groups is 1. The molecule has 8 heterocycles. The first-order valence-electron chi connectivity index (χ1n) is 27.9. The van der Waals surface area contributed by atoms with E-state index in [1.165, 1.54) is 11.0 Å². The van der Waals surface area contributed by atoms with E-state index >= 15 is 0 Å². The van der Waals surface area contributed by atoms with Gasteiger partial charge in [0.1, 0.15) is 29.6 Å². The largest absolute Gasteiger partial charge is 0.390 e. The number of aliphatic hydroxyl groups is 4. The summed E-state index contributed by atoms with van der Waals surface area (Å²) in [5.74, 6) is 2.12. The van der Waals surface area contributed by atoms with Gasteiger partial charge in [0.25, 0.3) is 0 Å². The number of rotatable bonds is 20. The molecule has 4 aliphatic carbocycles. The molecule has 6 atom stereocenters. The quantitative estimate of drug-likeness (QED) is 0.0523. The molecule has 8 aromatic heterocycles. The van der Waals surface area contributed by atoms with E-state index in [1.54, 1.807) is 34.5 Å². The molecular formula is C51H70N24O5. The van der Waals surface area contributed by atoms with Crippen molar-refractivity contribution < 1.29 is 25.2 Å². The SMILES string of the molecule is Cn1cnc(CCNc2nc(N[C@H]3CC[C@H](NC(=O)N[C@H]4CC[C@H](Nc5nc(NCCc6cn(C)cn6)nc6c5ncn6[C@@H]5C[C@H](n6ncc(CO)n6)[C@@H](O)[C@H]5O)CC4)CC3)c3ncn([C@H]4CC[C@@H](n5ncc(CO)n5)C4)c3n2)c1. The van der Waals surface area contributed by atoms with Crippen molar-refractivity contribution in [2.45, 2.75) is 164 Å². The number of carbonyl (C=O) groups excluding carboxylic acids is 1. The Morgan fingerprint density at radius 2 is 1.04 bits per heavy atom. The number of amides is 2. The molecule has 12 rings (SSSR count). The van der Waals surface area contributed by atoms with Gasteiger partial charge in [0.05, 0.1) is 74.4 Å². The maximum Gasteiger partial charge on any atom is 0.315 e. The van der Waals surface area contributed by atoms with Gasteiger partial charge in [-0.05, 0) is 77.0 Å². The Balaban J connectivity index is 0.654. The van der Waals surface area contributed by atoms with Crippen LogP contribution < -0.4 is 31.9 Å². The Morgan fingerprint density at radius 1 is 0.550 bits per heavy atom. The van der Waals surface area contributed by atoms with Crippen LogP contribution >= 0.6 is 0 Å². The molecule has 0 radical (unpaired) electrons. The number of nitrogens with zero attached hydrogens (tertiary/aromatic N) is 18. The summed E-state index contributed by atoms with van der Waals surface area (Å²) in [5.41, 5.74) is 5.32. The van der Waals surface area contributed by atoms with E-state index in [2.05, 4.69) is 66.8 Å². The molecule has 10 N–H and O–H groups in total. The highest BCUT2D eigenvalue weighted by Gasteiger charge is 2.45. The van der Waals surface area contributed by atoms with Crippen molar-refractivity contribution >= 4 is 51.9 Å². The Hall–Kier alpha value is -7.89. The molecule has 424 valence electrons. The lowest BCUT2D eigenvalue weighted by Gasteiger charge is -2.32. The lowest BCUT2D eigenvalue weighted by atomic mass is 9.90. The molecule has 80 heavy (non-hydrogen) atoms. The van der Waals surface area contributed by atoms with Crippen molar-refractivity contribution in [3.63, 3.8) is 0 Å². The molecule has 0 unspecified atom stereocenters. The van der Waals surface area contributed by atoms with Crippen molar-refractivity contribution in [2.24, 2.45) is 14.1 Å². The van der Waals surface area contributed by atoms with E-state index in [4.69, 9.17) is 29.9 Å². The average molecular weight is 1100 g/mol. The van der Waals surface area contributed by atoms with Gasteiger partial charge in [-0.1, -0.05) is 0 Å². The number of carbonyl (C=O) groups is 1. The Morgan fingerprint density at radius 3 is 1.56 bits per heavy atom. The van der Waals surface area contributed by atoms with E-state index in [0.717, 1.165) is 87.7 Å². The highest BCUT2D eigenvalue weighted by Crippen LogP contribution is 2.41. The van der Waals surface area contributed by atoms with E-state index < -0.39 is 24.3 Å². The number of hydrogen-bond donors (Lipinski definition) is 10. The number of aromatic nitrogens is 18. The van der Waals surface area contributed by atoms with Crippen LogP contribution in [0.1, 0.15) is 124 Å². The molecule has 8 aromatic rings. The number of hydrogen-bond acceptors (Lipinski definition) is 21. The molecule has 29 heteroatoms. The van der Waals surface area contributed by atoms with Gasteiger partial charge >= 0.3 is 6.03 Å². The number of fused-ring (bicyclic) bond motifs is 2. The third-order valence-corrected chi connectivity index (χ3v) is 16.3. The van der Waals surface area contributed by atoms with Crippen molar-refractivity contribution in [3.8, 4) is 0 Å². The van der Waals surface area contributed by atoms with Crippen LogP contribution in [-0.2, 0) is 40.2 Å². The van der Waals surface area contributed by atoms with Crippen molar-refractivity contribution in [1.29, 1.82) is 0 Å². The molecule has 0 bridgehead atoms. The molecule has 29 nitrogen and oxygen atoms in total. The van der Waals surface area contributed by atoms with Gasteiger partial charge in [0.15, 0.2) is 34.0 Å². The van der Waals surface area contributed by atoms with Gasteiger partial charge < -0.3 is 70.6 Å². The molecule has 0 aliphatic heterocycles. The fourth-order valence-corrected chi connectivity index (χ4v) is 12.0. The Bertz CT molecular complexity index is 3380. The molecule has 4 saturated carbocycles. The lowest BCUT2D eigenvalue weighted by molar-refractivity contribution is 0.00491. The predicted molar refractivity (Wildman–Crippen MR) is 291 cm³/mol. The molecule has 2 amide bonds. The normalized spacial score (nSPS) is 25.1. The lowest BCUT2D eigenvalue weighted by Crippen LogP contribution is -2.49. The number of aliphatic hydroxyl groups excluding tert-OH is 4. The minimum absolute atomic E-state index is 0.00340. The average Bonchev–Trinajstić information content (AvgIpc) is 4.53. The van der Waals surface area contributed by atoms with E-state index in [0.29, 0.717) is 84.0 Å². The summed E-state index contributed by atoms with van der Waals surface area (Å²) in [6, 6.07) is -0.948. The van der Waals surface area contributed by atoms with Gasteiger partial charge in [-0.3, -0.25) is 0 Å². The van der Waals surface area contributed by atoms with Crippen molar-refractivity contribution in [2.75, 3.05) is 34.4 Å². The molecule has 4 aliphatic rings. The number of nitrogens with one attached hydrogen (secondary N) is 6. The molecule has 0 aromatic carbocycles. The van der Waals surface area contributed by atoms with Gasteiger partial charge in [-0.25, -0.2) is 24.7 Å². The highest BCUT2D eigenvalue weighted by atomic mass is 16.3. The van der Waals surface area contributed by atoms with Crippen LogP contribution in [0, 0.1) is 0 Å². The van der Waals surface area contributed by atoms with Crippen molar-refractivity contribution in [1.82, 2.24) is 98.8 Å². The van der Waals surface area contributed by atoms with E-state index in [-0.39, 0.29) is 55.5 Å². The summed E-state index contributed by atoms with van der Waals surface area (Å²) in [6.07, 6.45) is 22.4. The van der Waals surface area contributed by atoms with E-state index in [9.17, 15) is 25.2 Å². The first-order valence-corrected chi connectivity index (χ1v) is 27.9. The van der Waals surface area contributed by atoms with Gasteiger partial charge in [-0.15, -0.1) is 0 Å². The fraction of sp³-hybridized carbons (Fsp3) is 0.588. The maximum atomic E-state index is 13.5. The zero-order valence-electron chi connectivity index (χ0n) is 44.9. The number of anilines is 4. The first kappa shape index (κ1) is 52.8. The van der Waals surface area contributed by atoms with Crippen LogP contribution in [0.4, 0.5) is 28.3 Å². The minimum atomic E-state index is -1.17. The Labute approximate surface area is 459 Å². The molecular weight excluding hydrogens is 1030 g/mol. The first-order chi connectivity index (χ1) is 39.0. The Kier molecular flexibility index (Phi) is 15.2. The predicted octanol–water partition coefficient (Wildman–Crippen LogP) is 2.23. The van der Waals surface area contributed by atoms with Crippen LogP contribution in [-0.4, -0.2) is 164 Å². The molecule has 0 spiro atoms. The fourth-order valence-electron chi connectivity index (χ4n) is 12.0. The number of aryl methyl sites for hydroxylation is 2. The second-order valence-corrected chi connectivity index (χ2v) is 22.0. The molecule has 0 saturated heterocycles. The topological polar surface area (TPSA) is 354 Å². The van der Waals surface area contributed by atoms with Crippen LogP contribution in [0.15, 0.2) is 50.1 Å². The standard InChI is InChI=1S/C51H70N24O5/c1-70-21-33(54-25-70)13-15-52-49-64-45(41-47(66-49)72(27-56-41)37-11-12-38(17-37)74-58-19-35(23-76)68-74)60-29-3-7-31(8-4-29)62-51(80)63-32-9-5-30(6-10-32)61-46-42-48(67-50(65-46)53-16-14-34-22-71(2)26-55-34)73(28-57-42)39-18-40(44(79)43(39)78)75-59-20-36(24-77)69-75/h19-22,25-32,37-40,43-44,76-79H,3-18,23-24H2,1-2H3,(H2,62,63,80)(H2,52,60,64,66)(H2,53,61,65,67)/t29-,30-,31-,32-,37-,38+,39+,40-,43-,44+/m0/s1.